The Kier molecular flexibility index (Phi) is 3.84. The molecule has 0 bridgehead atoms. The van der Waals surface area contributed by atoms with Crippen LogP contribution in [0.25, 0.3) is 10.9 Å². The molecule has 7 nitrogen and oxygen atoms in total. The molecule has 0 saturated carbocycles. The van der Waals surface area contributed by atoms with Crippen LogP contribution in [0.5, 0.6) is 0 Å². The van der Waals surface area contributed by atoms with Crippen molar-refractivity contribution in [1.29, 1.82) is 0 Å². The van der Waals surface area contributed by atoms with Crippen molar-refractivity contribution in [3.8, 4) is 0 Å². The van der Waals surface area contributed by atoms with Gasteiger partial charge in [0.2, 0.25) is 5.91 Å². The Hall–Kier alpha value is -3.09. The van der Waals surface area contributed by atoms with E-state index in [2.05, 4.69) is 15.5 Å². The fourth-order valence-electron chi connectivity index (χ4n) is 2.43. The Labute approximate surface area is 132 Å². The van der Waals surface area contributed by atoms with Gasteiger partial charge in [-0.15, -0.1) is 0 Å². The summed E-state index contributed by atoms with van der Waals surface area (Å²) in [6.07, 6.45) is 1.58. The average molecular weight is 311 g/mol. The van der Waals surface area contributed by atoms with Crippen LogP contribution in [0.3, 0.4) is 0 Å². The molecule has 3 rings (SSSR count). The molecule has 1 amide bonds. The van der Waals surface area contributed by atoms with Crippen LogP contribution in [0.2, 0.25) is 0 Å². The molecule has 0 radical (unpaired) electrons. The standard InChI is InChI=1S/C16H17N5O2/c1-20(2)12-7-5-6-11-15(12)16(19-18-11)17-13(22)10-21-9-4-3-8-14(21)23/h3-9H,10H2,1-2H3,(H2,17,18,19,22). The molecule has 0 aliphatic carbocycles. The van der Waals surface area contributed by atoms with Crippen LogP contribution in [0.15, 0.2) is 47.4 Å². The van der Waals surface area contributed by atoms with Gasteiger partial charge in [-0.3, -0.25) is 14.7 Å². The lowest BCUT2D eigenvalue weighted by atomic mass is 10.2. The van der Waals surface area contributed by atoms with Crippen molar-refractivity contribution in [3.05, 3.63) is 52.9 Å². The molecule has 7 heteroatoms. The third kappa shape index (κ3) is 2.94. The van der Waals surface area contributed by atoms with Crippen LogP contribution in [-0.4, -0.2) is 34.8 Å². The molecule has 3 aromatic rings. The summed E-state index contributed by atoms with van der Waals surface area (Å²) in [7, 11) is 3.85. The zero-order chi connectivity index (χ0) is 16.4. The van der Waals surface area contributed by atoms with E-state index in [0.29, 0.717) is 5.82 Å². The summed E-state index contributed by atoms with van der Waals surface area (Å²) in [5, 5.41) is 10.7. The average Bonchev–Trinajstić information content (AvgIpc) is 2.92. The SMILES string of the molecule is CN(C)c1cccc2[nH]nc(NC(=O)Cn3ccccc3=O)c12. The second-order valence-electron chi connectivity index (χ2n) is 5.38. The number of rotatable bonds is 4. The van der Waals surface area contributed by atoms with E-state index in [1.165, 1.54) is 10.6 Å². The molecule has 0 unspecified atom stereocenters. The van der Waals surface area contributed by atoms with Gasteiger partial charge in [-0.05, 0) is 18.2 Å². The lowest BCUT2D eigenvalue weighted by molar-refractivity contribution is -0.116. The number of hydrogen-bond donors (Lipinski definition) is 2. The van der Waals surface area contributed by atoms with Crippen LogP contribution in [0, 0.1) is 0 Å². The summed E-state index contributed by atoms with van der Waals surface area (Å²) >= 11 is 0. The molecule has 1 aromatic carbocycles. The van der Waals surface area contributed by atoms with Crippen LogP contribution in [0.4, 0.5) is 11.5 Å². The van der Waals surface area contributed by atoms with Crippen molar-refractivity contribution >= 4 is 28.3 Å². The van der Waals surface area contributed by atoms with Crippen molar-refractivity contribution in [2.75, 3.05) is 24.3 Å². The highest BCUT2D eigenvalue weighted by atomic mass is 16.2. The zero-order valence-corrected chi connectivity index (χ0v) is 12.9. The van der Waals surface area contributed by atoms with E-state index in [1.54, 1.807) is 18.3 Å². The van der Waals surface area contributed by atoms with E-state index in [4.69, 9.17) is 0 Å². The highest BCUT2D eigenvalue weighted by Crippen LogP contribution is 2.30. The predicted octanol–water partition coefficient (Wildman–Crippen LogP) is 1.43. The number of pyridine rings is 1. The lowest BCUT2D eigenvalue weighted by Gasteiger charge is -2.14. The van der Waals surface area contributed by atoms with E-state index in [9.17, 15) is 9.59 Å². The molecule has 0 aliphatic rings. The van der Waals surface area contributed by atoms with Gasteiger partial charge < -0.3 is 14.8 Å². The highest BCUT2D eigenvalue weighted by Gasteiger charge is 2.14. The normalized spacial score (nSPS) is 10.7. The van der Waals surface area contributed by atoms with Crippen LogP contribution in [-0.2, 0) is 11.3 Å². The zero-order valence-electron chi connectivity index (χ0n) is 12.9. The quantitative estimate of drug-likeness (QED) is 0.763. The van der Waals surface area contributed by atoms with Gasteiger partial charge in [0.15, 0.2) is 5.82 Å². The monoisotopic (exact) mass is 311 g/mol. The number of hydrogen-bond acceptors (Lipinski definition) is 4. The first-order chi connectivity index (χ1) is 11.1. The third-order valence-corrected chi connectivity index (χ3v) is 3.52. The minimum atomic E-state index is -0.305. The van der Waals surface area contributed by atoms with E-state index in [-0.39, 0.29) is 18.0 Å². The largest absolute Gasteiger partial charge is 0.377 e. The Morgan fingerprint density at radius 2 is 2.09 bits per heavy atom. The van der Waals surface area contributed by atoms with Crippen molar-refractivity contribution in [2.45, 2.75) is 6.54 Å². The minimum Gasteiger partial charge on any atom is -0.377 e. The molecule has 23 heavy (non-hydrogen) atoms. The smallest absolute Gasteiger partial charge is 0.250 e. The Balaban J connectivity index is 1.88. The summed E-state index contributed by atoms with van der Waals surface area (Å²) < 4.78 is 1.34. The predicted molar refractivity (Wildman–Crippen MR) is 89.8 cm³/mol. The van der Waals surface area contributed by atoms with Gasteiger partial charge in [-0.25, -0.2) is 0 Å². The first-order valence-electron chi connectivity index (χ1n) is 7.16. The summed E-state index contributed by atoms with van der Waals surface area (Å²) in [5.41, 5.74) is 1.57. The minimum absolute atomic E-state index is 0.0574. The number of aromatic nitrogens is 3. The summed E-state index contributed by atoms with van der Waals surface area (Å²) in [6, 6.07) is 10.5. The van der Waals surface area contributed by atoms with Crippen LogP contribution < -0.4 is 15.8 Å². The molecule has 0 aliphatic heterocycles. The Morgan fingerprint density at radius 1 is 1.26 bits per heavy atom. The first-order valence-corrected chi connectivity index (χ1v) is 7.16. The number of nitrogens with zero attached hydrogens (tertiary/aromatic N) is 3. The molecule has 0 atom stereocenters. The maximum absolute atomic E-state index is 12.2. The van der Waals surface area contributed by atoms with Gasteiger partial charge >= 0.3 is 0 Å². The number of carbonyl (C=O) groups is 1. The Bertz CT molecular complexity index is 910. The summed E-state index contributed by atoms with van der Waals surface area (Å²) in [5.74, 6) is 0.151. The number of benzene rings is 1. The Morgan fingerprint density at radius 3 is 2.83 bits per heavy atom. The molecule has 2 aromatic heterocycles. The van der Waals surface area contributed by atoms with Crippen molar-refractivity contribution < 1.29 is 4.79 Å². The number of H-pyrrole nitrogens is 1. The van der Waals surface area contributed by atoms with Gasteiger partial charge in [-0.2, -0.15) is 5.10 Å². The van der Waals surface area contributed by atoms with Gasteiger partial charge in [0.25, 0.3) is 5.56 Å². The molecule has 2 N–H and O–H groups in total. The van der Waals surface area contributed by atoms with Crippen molar-refractivity contribution in [3.63, 3.8) is 0 Å². The number of amides is 1. The molecular formula is C16H17N5O2. The molecule has 0 saturated heterocycles. The van der Waals surface area contributed by atoms with Crippen LogP contribution >= 0.6 is 0 Å². The molecule has 2 heterocycles. The highest BCUT2D eigenvalue weighted by molar-refractivity contribution is 6.05. The van der Waals surface area contributed by atoms with E-state index < -0.39 is 0 Å². The van der Waals surface area contributed by atoms with Crippen molar-refractivity contribution in [1.82, 2.24) is 14.8 Å². The van der Waals surface area contributed by atoms with Gasteiger partial charge in [0.05, 0.1) is 10.9 Å². The summed E-state index contributed by atoms with van der Waals surface area (Å²) in [6.45, 7) is -0.0574. The maximum Gasteiger partial charge on any atom is 0.250 e. The second-order valence-corrected chi connectivity index (χ2v) is 5.38. The second kappa shape index (κ2) is 5.96. The first kappa shape index (κ1) is 14.8. The maximum atomic E-state index is 12.2. The number of carbonyl (C=O) groups excluding carboxylic acids is 1. The van der Waals surface area contributed by atoms with Gasteiger partial charge in [0, 0.05) is 32.0 Å². The molecule has 118 valence electrons. The number of nitrogens with one attached hydrogen (secondary N) is 2. The van der Waals surface area contributed by atoms with E-state index in [0.717, 1.165) is 16.6 Å². The van der Waals surface area contributed by atoms with Crippen LogP contribution in [0.1, 0.15) is 0 Å². The number of fused-ring (bicyclic) bond motifs is 1. The molecular weight excluding hydrogens is 294 g/mol. The van der Waals surface area contributed by atoms with Crippen molar-refractivity contribution in [2.24, 2.45) is 0 Å². The number of aromatic amines is 1. The topological polar surface area (TPSA) is 83.0 Å². The summed E-state index contributed by atoms with van der Waals surface area (Å²) in [4.78, 5) is 25.8. The number of anilines is 2. The van der Waals surface area contributed by atoms with Gasteiger partial charge in [0.1, 0.15) is 6.54 Å². The van der Waals surface area contributed by atoms with E-state index in [1.807, 2.05) is 37.2 Å². The fourth-order valence-corrected chi connectivity index (χ4v) is 2.43. The van der Waals surface area contributed by atoms with E-state index >= 15 is 0 Å². The lowest BCUT2D eigenvalue weighted by Crippen LogP contribution is -2.26. The molecule has 0 spiro atoms. The fraction of sp³-hybridized carbons (Fsp3) is 0.188. The third-order valence-electron chi connectivity index (χ3n) is 3.52. The molecule has 0 fully saturated rings. The van der Waals surface area contributed by atoms with Gasteiger partial charge in [-0.1, -0.05) is 12.1 Å².